The number of aliphatic carboxylic acids is 1. The highest BCUT2D eigenvalue weighted by Crippen LogP contribution is 2.38. The summed E-state index contributed by atoms with van der Waals surface area (Å²) in [6.45, 7) is 5.53. The first-order chi connectivity index (χ1) is 17.2. The van der Waals surface area contributed by atoms with Crippen molar-refractivity contribution in [3.8, 4) is 5.75 Å². The Morgan fingerprint density at radius 1 is 1.24 bits per heavy atom. The monoisotopic (exact) mass is 563 g/mol. The summed E-state index contributed by atoms with van der Waals surface area (Å²) in [6, 6.07) is 2.82. The minimum Gasteiger partial charge on any atom is -0.480 e. The van der Waals surface area contributed by atoms with Crippen molar-refractivity contribution >= 4 is 40.2 Å². The van der Waals surface area contributed by atoms with Gasteiger partial charge in [0, 0.05) is 12.6 Å². The van der Waals surface area contributed by atoms with E-state index >= 15 is 0 Å². The molecule has 0 radical (unpaired) electrons. The van der Waals surface area contributed by atoms with Gasteiger partial charge < -0.3 is 14.7 Å². The van der Waals surface area contributed by atoms with Gasteiger partial charge in [0.2, 0.25) is 0 Å². The number of benzene rings is 1. The molecule has 2 amide bonds. The molecule has 0 atom stereocenters. The second kappa shape index (κ2) is 11.9. The molecule has 0 saturated heterocycles. The summed E-state index contributed by atoms with van der Waals surface area (Å²) >= 11 is 2.29. The van der Waals surface area contributed by atoms with E-state index in [0.717, 1.165) is 49.6 Å². The van der Waals surface area contributed by atoms with Gasteiger partial charge in [0.1, 0.15) is 4.75 Å². The number of urea groups is 1. The number of halogens is 4. The van der Waals surface area contributed by atoms with Crippen LogP contribution in [0.3, 0.4) is 0 Å². The van der Waals surface area contributed by atoms with Crippen LogP contribution in [0, 0.1) is 11.7 Å². The van der Waals surface area contributed by atoms with Gasteiger partial charge in [-0.05, 0) is 69.6 Å². The van der Waals surface area contributed by atoms with Crippen molar-refractivity contribution < 1.29 is 37.0 Å². The predicted octanol–water partition coefficient (Wildman–Crippen LogP) is 6.79. The number of ether oxygens (including phenoxy) is 1. The Balaban J connectivity index is 1.70. The Labute approximate surface area is 220 Å². The Hall–Kier alpha value is -2.54. The molecule has 37 heavy (non-hydrogen) atoms. The van der Waals surface area contributed by atoms with Crippen molar-refractivity contribution in [3.63, 3.8) is 0 Å². The molecule has 1 heterocycles. The molecule has 1 aromatic heterocycles. The molecule has 1 aliphatic carbocycles. The summed E-state index contributed by atoms with van der Waals surface area (Å²) in [7, 11) is 0. The van der Waals surface area contributed by atoms with Gasteiger partial charge in [0.15, 0.2) is 16.7 Å². The van der Waals surface area contributed by atoms with Crippen LogP contribution in [0.1, 0.15) is 52.0 Å². The SMILES string of the molecule is CC(C)(Sc1cnc(NC(=O)N(CCc2ccc(OC(F)(F)F)c(F)c2)[C@H]2CC[C@H](C)CC2)s1)C(=O)O. The number of alkyl halides is 3. The lowest BCUT2D eigenvalue weighted by molar-refractivity contribution is -0.275. The molecule has 1 fully saturated rings. The van der Waals surface area contributed by atoms with Crippen LogP contribution in [0.15, 0.2) is 28.6 Å². The number of thioether (sulfide) groups is 1. The number of carboxylic acid groups (broad SMARTS) is 1. The lowest BCUT2D eigenvalue weighted by atomic mass is 9.86. The maximum atomic E-state index is 14.2. The smallest absolute Gasteiger partial charge is 0.480 e. The standard InChI is InChI=1S/C24H29F4N3O4S2/c1-14-4-7-16(8-5-14)31(11-10-15-6-9-18(17(25)12-15)35-24(26,27)28)22(34)30-21-29-13-19(36-21)37-23(2,3)20(32)33/h6,9,12-14,16H,4-5,7-8,10-11H2,1-3H3,(H,32,33)(H,29,30,34)/t14-,16-. The largest absolute Gasteiger partial charge is 0.573 e. The first kappa shape index (κ1) is 29.0. The predicted molar refractivity (Wildman–Crippen MR) is 134 cm³/mol. The minimum atomic E-state index is -4.99. The van der Waals surface area contributed by atoms with Gasteiger partial charge in [-0.3, -0.25) is 10.1 Å². The van der Waals surface area contributed by atoms with Gasteiger partial charge in [0.05, 0.1) is 10.4 Å². The Morgan fingerprint density at radius 3 is 2.51 bits per heavy atom. The number of carbonyl (C=O) groups excluding carboxylic acids is 1. The van der Waals surface area contributed by atoms with E-state index in [4.69, 9.17) is 0 Å². The second-order valence-corrected chi connectivity index (χ2v) is 12.5. The number of nitrogens with one attached hydrogen (secondary N) is 1. The fraction of sp³-hybridized carbons (Fsp3) is 0.542. The van der Waals surface area contributed by atoms with Crippen LogP contribution in [0.25, 0.3) is 0 Å². The van der Waals surface area contributed by atoms with Gasteiger partial charge in [0.25, 0.3) is 0 Å². The molecular weight excluding hydrogens is 534 g/mol. The van der Waals surface area contributed by atoms with Crippen LogP contribution < -0.4 is 10.1 Å². The van der Waals surface area contributed by atoms with Crippen LogP contribution >= 0.6 is 23.1 Å². The van der Waals surface area contributed by atoms with E-state index in [1.165, 1.54) is 23.6 Å². The van der Waals surface area contributed by atoms with Crippen molar-refractivity contribution in [2.45, 2.75) is 74.2 Å². The fourth-order valence-corrected chi connectivity index (χ4v) is 6.25. The van der Waals surface area contributed by atoms with E-state index in [1.54, 1.807) is 18.7 Å². The number of hydrogen-bond donors (Lipinski definition) is 2. The third-order valence-corrected chi connectivity index (χ3v) is 8.32. The topological polar surface area (TPSA) is 91.8 Å². The maximum Gasteiger partial charge on any atom is 0.573 e. The summed E-state index contributed by atoms with van der Waals surface area (Å²) in [5.74, 6) is -2.46. The van der Waals surface area contributed by atoms with Crippen molar-refractivity contribution in [3.05, 3.63) is 35.8 Å². The molecule has 0 bridgehead atoms. The zero-order valence-corrected chi connectivity index (χ0v) is 22.2. The molecule has 2 N–H and O–H groups in total. The number of nitrogens with zero attached hydrogens (tertiary/aromatic N) is 2. The number of aromatic nitrogens is 1. The number of carboxylic acids is 1. The molecule has 0 aliphatic heterocycles. The highest BCUT2D eigenvalue weighted by Gasteiger charge is 2.33. The van der Waals surface area contributed by atoms with Crippen LogP contribution in [-0.2, 0) is 11.2 Å². The summed E-state index contributed by atoms with van der Waals surface area (Å²) in [5.41, 5.74) is 0.429. The van der Waals surface area contributed by atoms with Gasteiger partial charge in [-0.25, -0.2) is 14.2 Å². The van der Waals surface area contributed by atoms with E-state index in [1.807, 2.05) is 0 Å². The molecular formula is C24H29F4N3O4S2. The van der Waals surface area contributed by atoms with Gasteiger partial charge in [-0.1, -0.05) is 36.1 Å². The second-order valence-electron chi connectivity index (χ2n) is 9.50. The lowest BCUT2D eigenvalue weighted by Gasteiger charge is -2.36. The average Bonchev–Trinajstić information content (AvgIpc) is 3.21. The molecule has 1 saturated carbocycles. The van der Waals surface area contributed by atoms with E-state index < -0.39 is 28.6 Å². The first-order valence-corrected chi connectivity index (χ1v) is 13.4. The highest BCUT2D eigenvalue weighted by atomic mass is 32.2. The first-order valence-electron chi connectivity index (χ1n) is 11.7. The van der Waals surface area contributed by atoms with Gasteiger partial charge in [-0.15, -0.1) is 13.2 Å². The summed E-state index contributed by atoms with van der Waals surface area (Å²) in [4.78, 5) is 30.5. The molecule has 2 aromatic rings. The molecule has 0 unspecified atom stereocenters. The fourth-order valence-electron chi connectivity index (χ4n) is 3.98. The number of anilines is 1. The third kappa shape index (κ3) is 8.49. The van der Waals surface area contributed by atoms with Crippen LogP contribution in [-0.4, -0.2) is 50.7 Å². The lowest BCUT2D eigenvalue weighted by Crippen LogP contribution is -2.45. The van der Waals surface area contributed by atoms with Crippen molar-refractivity contribution in [1.82, 2.24) is 9.88 Å². The quantitative estimate of drug-likeness (QED) is 0.258. The number of amides is 2. The summed E-state index contributed by atoms with van der Waals surface area (Å²) < 4.78 is 54.7. The molecule has 13 heteroatoms. The molecule has 7 nitrogen and oxygen atoms in total. The molecule has 1 aromatic carbocycles. The highest BCUT2D eigenvalue weighted by molar-refractivity contribution is 8.03. The zero-order chi connectivity index (χ0) is 27.4. The molecule has 3 rings (SSSR count). The number of hydrogen-bond acceptors (Lipinski definition) is 6. The van der Waals surface area contributed by atoms with Crippen LogP contribution in [0.2, 0.25) is 0 Å². The van der Waals surface area contributed by atoms with E-state index in [2.05, 4.69) is 22.0 Å². The van der Waals surface area contributed by atoms with Crippen LogP contribution in [0.4, 0.5) is 27.5 Å². The van der Waals surface area contributed by atoms with Gasteiger partial charge in [-0.2, -0.15) is 0 Å². The molecule has 1 aliphatic rings. The molecule has 204 valence electrons. The van der Waals surface area contributed by atoms with Crippen molar-refractivity contribution in [2.75, 3.05) is 11.9 Å². The van der Waals surface area contributed by atoms with E-state index in [9.17, 15) is 32.3 Å². The third-order valence-electron chi connectivity index (χ3n) is 6.12. The number of thiazole rings is 1. The van der Waals surface area contributed by atoms with E-state index in [-0.39, 0.29) is 25.0 Å². The maximum absolute atomic E-state index is 14.2. The number of carbonyl (C=O) groups is 2. The normalized spacial score (nSPS) is 18.4. The average molecular weight is 564 g/mol. The Morgan fingerprint density at radius 2 is 1.92 bits per heavy atom. The van der Waals surface area contributed by atoms with Crippen molar-refractivity contribution in [1.29, 1.82) is 0 Å². The molecule has 0 spiro atoms. The summed E-state index contributed by atoms with van der Waals surface area (Å²) in [6.07, 6.45) is 0.251. The van der Waals surface area contributed by atoms with E-state index in [0.29, 0.717) is 20.8 Å². The van der Waals surface area contributed by atoms with Crippen molar-refractivity contribution in [2.24, 2.45) is 5.92 Å². The van der Waals surface area contributed by atoms with Gasteiger partial charge >= 0.3 is 18.4 Å². The Kier molecular flexibility index (Phi) is 9.32. The zero-order valence-electron chi connectivity index (χ0n) is 20.6. The summed E-state index contributed by atoms with van der Waals surface area (Å²) in [5, 5.41) is 12.4. The number of rotatable bonds is 9. The minimum absolute atomic E-state index is 0.0476. The van der Waals surface area contributed by atoms with Crippen LogP contribution in [0.5, 0.6) is 5.75 Å². The Bertz CT molecular complexity index is 1100.